The van der Waals surface area contributed by atoms with Gasteiger partial charge in [0.15, 0.2) is 6.10 Å². The van der Waals surface area contributed by atoms with Crippen LogP contribution in [-0.2, 0) is 15.0 Å². The predicted molar refractivity (Wildman–Crippen MR) is 91.8 cm³/mol. The highest BCUT2D eigenvalue weighted by atomic mass is 19.1. The summed E-state index contributed by atoms with van der Waals surface area (Å²) in [6.45, 7) is 1.87. The molecular formula is C19H19FN2O3. The van der Waals surface area contributed by atoms with Gasteiger partial charge in [0.2, 0.25) is 11.8 Å². The van der Waals surface area contributed by atoms with Crippen molar-refractivity contribution in [3.8, 4) is 0 Å². The van der Waals surface area contributed by atoms with E-state index >= 15 is 0 Å². The molecule has 2 N–H and O–H groups in total. The molecule has 0 saturated carbocycles. The second-order valence-corrected chi connectivity index (χ2v) is 6.09. The number of amides is 1. The van der Waals surface area contributed by atoms with Crippen molar-refractivity contribution >= 4 is 11.8 Å². The van der Waals surface area contributed by atoms with Crippen molar-refractivity contribution in [3.05, 3.63) is 71.0 Å². The minimum Gasteiger partial charge on any atom is -0.482 e. The lowest BCUT2D eigenvalue weighted by Crippen LogP contribution is -2.37. The molecule has 1 amide bonds. The Balaban J connectivity index is 2.03. The third-order valence-corrected chi connectivity index (χ3v) is 4.25. The highest BCUT2D eigenvalue weighted by Gasteiger charge is 2.38. The Morgan fingerprint density at radius 3 is 2.68 bits per heavy atom. The second kappa shape index (κ2) is 6.64. The molecule has 0 bridgehead atoms. The van der Waals surface area contributed by atoms with Gasteiger partial charge in [-0.1, -0.05) is 30.3 Å². The zero-order valence-electron chi connectivity index (χ0n) is 14.0. The van der Waals surface area contributed by atoms with Gasteiger partial charge in [-0.3, -0.25) is 4.79 Å². The van der Waals surface area contributed by atoms with Crippen LogP contribution in [0.2, 0.25) is 0 Å². The van der Waals surface area contributed by atoms with E-state index in [1.807, 2.05) is 30.3 Å². The molecule has 3 rings (SSSR count). The van der Waals surface area contributed by atoms with E-state index in [-0.39, 0.29) is 17.7 Å². The number of halogens is 1. The molecule has 25 heavy (non-hydrogen) atoms. The number of ether oxygens (including phenoxy) is 2. The second-order valence-electron chi connectivity index (χ2n) is 6.09. The summed E-state index contributed by atoms with van der Waals surface area (Å²) in [7, 11) is 1.50. The first-order valence-corrected chi connectivity index (χ1v) is 7.85. The standard InChI is InChI=1S/C19H19FN2O3/c1-19(14-10-13(17(21)23)8-9-15(14)20)11-25-16(18(22-19)24-2)12-6-4-3-5-7-12/h3-10,16H,11H2,1-2H3,(H2,21,23)/t16-,19-/m0/s1. The topological polar surface area (TPSA) is 73.9 Å². The van der Waals surface area contributed by atoms with Gasteiger partial charge in [0.05, 0.1) is 13.7 Å². The van der Waals surface area contributed by atoms with Crippen LogP contribution in [0.4, 0.5) is 4.39 Å². The Kier molecular flexibility index (Phi) is 4.55. The minimum atomic E-state index is -1.02. The van der Waals surface area contributed by atoms with Crippen molar-refractivity contribution in [1.29, 1.82) is 0 Å². The zero-order valence-corrected chi connectivity index (χ0v) is 14.0. The Hall–Kier alpha value is -2.73. The number of rotatable bonds is 3. The number of primary amides is 1. The number of benzene rings is 2. The van der Waals surface area contributed by atoms with E-state index in [2.05, 4.69) is 4.99 Å². The molecule has 1 heterocycles. The van der Waals surface area contributed by atoms with Crippen LogP contribution in [0.1, 0.15) is 34.5 Å². The highest BCUT2D eigenvalue weighted by molar-refractivity contribution is 5.93. The van der Waals surface area contributed by atoms with E-state index in [9.17, 15) is 9.18 Å². The molecular weight excluding hydrogens is 323 g/mol. The molecule has 0 fully saturated rings. The van der Waals surface area contributed by atoms with Gasteiger partial charge in [-0.15, -0.1) is 0 Å². The first-order chi connectivity index (χ1) is 11.9. The maximum Gasteiger partial charge on any atom is 0.248 e. The quantitative estimate of drug-likeness (QED) is 0.932. The molecule has 2 aromatic rings. The van der Waals surface area contributed by atoms with Crippen molar-refractivity contribution in [2.24, 2.45) is 10.7 Å². The van der Waals surface area contributed by atoms with E-state index in [1.54, 1.807) is 6.92 Å². The third-order valence-electron chi connectivity index (χ3n) is 4.25. The van der Waals surface area contributed by atoms with Crippen LogP contribution in [0.15, 0.2) is 53.5 Å². The molecule has 0 saturated heterocycles. The summed E-state index contributed by atoms with van der Waals surface area (Å²) in [5, 5.41) is 0. The number of carbonyl (C=O) groups is 1. The fraction of sp³-hybridized carbons (Fsp3) is 0.263. The fourth-order valence-corrected chi connectivity index (χ4v) is 2.90. The summed E-state index contributed by atoms with van der Waals surface area (Å²) in [5.74, 6) is -0.753. The lowest BCUT2D eigenvalue weighted by molar-refractivity contribution is 0.0280. The van der Waals surface area contributed by atoms with Crippen LogP contribution in [0.5, 0.6) is 0 Å². The van der Waals surface area contributed by atoms with Crippen LogP contribution in [0.25, 0.3) is 0 Å². The van der Waals surface area contributed by atoms with E-state index < -0.39 is 23.4 Å². The molecule has 1 aliphatic rings. The predicted octanol–water partition coefficient (Wildman–Crippen LogP) is 2.96. The maximum absolute atomic E-state index is 14.4. The molecule has 0 aromatic heterocycles. The number of hydrogen-bond donors (Lipinski definition) is 1. The van der Waals surface area contributed by atoms with Crippen LogP contribution in [-0.4, -0.2) is 25.5 Å². The number of nitrogens with zero attached hydrogens (tertiary/aromatic N) is 1. The fourth-order valence-electron chi connectivity index (χ4n) is 2.90. The SMILES string of the molecule is COC1=N[C@](C)(c2cc(C(N)=O)ccc2F)CO[C@H]1c1ccccc1. The van der Waals surface area contributed by atoms with Gasteiger partial charge in [0.1, 0.15) is 11.4 Å². The van der Waals surface area contributed by atoms with Gasteiger partial charge in [-0.05, 0) is 30.7 Å². The summed E-state index contributed by atoms with van der Waals surface area (Å²) in [6, 6.07) is 13.5. The van der Waals surface area contributed by atoms with Crippen molar-refractivity contribution < 1.29 is 18.7 Å². The van der Waals surface area contributed by atoms with E-state index in [1.165, 1.54) is 25.3 Å². The number of hydrogen-bond acceptors (Lipinski definition) is 4. The average Bonchev–Trinajstić information content (AvgIpc) is 2.62. The third kappa shape index (κ3) is 3.25. The smallest absolute Gasteiger partial charge is 0.248 e. The Morgan fingerprint density at radius 1 is 1.32 bits per heavy atom. The van der Waals surface area contributed by atoms with Gasteiger partial charge in [0, 0.05) is 11.1 Å². The largest absolute Gasteiger partial charge is 0.482 e. The highest BCUT2D eigenvalue weighted by Crippen LogP contribution is 2.36. The summed E-state index contributed by atoms with van der Waals surface area (Å²) in [4.78, 5) is 16.0. The summed E-state index contributed by atoms with van der Waals surface area (Å²) in [6.07, 6.45) is -0.457. The maximum atomic E-state index is 14.4. The van der Waals surface area contributed by atoms with Gasteiger partial charge < -0.3 is 15.2 Å². The molecule has 2 atom stereocenters. The van der Waals surface area contributed by atoms with E-state index in [4.69, 9.17) is 15.2 Å². The van der Waals surface area contributed by atoms with Gasteiger partial charge in [-0.25, -0.2) is 9.38 Å². The monoisotopic (exact) mass is 342 g/mol. The average molecular weight is 342 g/mol. The first kappa shape index (κ1) is 17.1. The van der Waals surface area contributed by atoms with Crippen molar-refractivity contribution in [3.63, 3.8) is 0 Å². The van der Waals surface area contributed by atoms with Crippen molar-refractivity contribution in [2.75, 3.05) is 13.7 Å². The number of carbonyl (C=O) groups excluding carboxylic acids is 1. The number of nitrogens with two attached hydrogens (primary N) is 1. The van der Waals surface area contributed by atoms with E-state index in [0.29, 0.717) is 5.90 Å². The molecule has 6 heteroatoms. The molecule has 0 spiro atoms. The van der Waals surface area contributed by atoms with Gasteiger partial charge in [0.25, 0.3) is 0 Å². The van der Waals surface area contributed by atoms with Gasteiger partial charge in [-0.2, -0.15) is 0 Å². The summed E-state index contributed by atoms with van der Waals surface area (Å²) < 4.78 is 25.8. The summed E-state index contributed by atoms with van der Waals surface area (Å²) in [5.41, 5.74) is 5.64. The molecule has 0 radical (unpaired) electrons. The van der Waals surface area contributed by atoms with Crippen LogP contribution in [0, 0.1) is 5.82 Å². The van der Waals surface area contributed by atoms with Crippen molar-refractivity contribution in [1.82, 2.24) is 0 Å². The Morgan fingerprint density at radius 2 is 2.04 bits per heavy atom. The van der Waals surface area contributed by atoms with Gasteiger partial charge >= 0.3 is 0 Å². The normalized spacial score (nSPS) is 23.0. The molecule has 5 nitrogen and oxygen atoms in total. The van der Waals surface area contributed by atoms with Crippen LogP contribution >= 0.6 is 0 Å². The molecule has 0 unspecified atom stereocenters. The van der Waals surface area contributed by atoms with Crippen LogP contribution < -0.4 is 5.73 Å². The Bertz CT molecular complexity index is 823. The first-order valence-electron chi connectivity index (χ1n) is 7.85. The molecule has 2 aromatic carbocycles. The molecule has 1 aliphatic heterocycles. The van der Waals surface area contributed by atoms with Crippen molar-refractivity contribution in [2.45, 2.75) is 18.6 Å². The number of methoxy groups -OCH3 is 1. The number of aliphatic imine (C=N–C) groups is 1. The Labute approximate surface area is 145 Å². The summed E-state index contributed by atoms with van der Waals surface area (Å²) >= 11 is 0. The lowest BCUT2D eigenvalue weighted by atomic mass is 9.90. The minimum absolute atomic E-state index is 0.137. The van der Waals surface area contributed by atoms with Crippen LogP contribution in [0.3, 0.4) is 0 Å². The lowest BCUT2D eigenvalue weighted by Gasteiger charge is -2.35. The van der Waals surface area contributed by atoms with E-state index in [0.717, 1.165) is 5.56 Å². The molecule has 130 valence electrons. The molecule has 0 aliphatic carbocycles. The zero-order chi connectivity index (χ0) is 18.0.